The summed E-state index contributed by atoms with van der Waals surface area (Å²) in [6.45, 7) is 0.943. The van der Waals surface area contributed by atoms with Crippen molar-refractivity contribution in [2.75, 3.05) is 25.6 Å². The Morgan fingerprint density at radius 2 is 1.90 bits per heavy atom. The number of rotatable bonds is 7. The lowest BCUT2D eigenvalue weighted by molar-refractivity contribution is 0.0998. The summed E-state index contributed by atoms with van der Waals surface area (Å²) in [4.78, 5) is 16.6. The van der Waals surface area contributed by atoms with Crippen molar-refractivity contribution in [1.29, 1.82) is 0 Å². The molecule has 4 aromatic rings. The summed E-state index contributed by atoms with van der Waals surface area (Å²) < 4.78 is 16.9. The van der Waals surface area contributed by atoms with Gasteiger partial charge in [-0.3, -0.25) is 9.78 Å². The first-order valence-corrected chi connectivity index (χ1v) is 9.21. The van der Waals surface area contributed by atoms with Crippen molar-refractivity contribution < 1.29 is 18.7 Å². The highest BCUT2D eigenvalue weighted by atomic mass is 16.5. The third-order valence-electron chi connectivity index (χ3n) is 4.41. The SMILES string of the molecule is COCCOc1ccccc1-c1cccc2cc(C(=O)Nc3cccnc3)oc12. The molecule has 0 unspecified atom stereocenters. The Kier molecular flexibility index (Phi) is 5.54. The van der Waals surface area contributed by atoms with Crippen LogP contribution >= 0.6 is 0 Å². The summed E-state index contributed by atoms with van der Waals surface area (Å²) in [6, 6.07) is 18.8. The van der Waals surface area contributed by atoms with Crippen LogP contribution in [0.2, 0.25) is 0 Å². The maximum absolute atomic E-state index is 12.6. The van der Waals surface area contributed by atoms with E-state index in [1.807, 2.05) is 42.5 Å². The van der Waals surface area contributed by atoms with Crippen molar-refractivity contribution in [3.63, 3.8) is 0 Å². The van der Waals surface area contributed by atoms with Gasteiger partial charge in [-0.15, -0.1) is 0 Å². The molecular weight excluding hydrogens is 368 g/mol. The van der Waals surface area contributed by atoms with Crippen molar-refractivity contribution in [3.05, 3.63) is 78.8 Å². The molecule has 2 aromatic carbocycles. The maximum Gasteiger partial charge on any atom is 0.291 e. The fourth-order valence-corrected chi connectivity index (χ4v) is 3.07. The lowest BCUT2D eigenvalue weighted by Gasteiger charge is -2.11. The van der Waals surface area contributed by atoms with Crippen molar-refractivity contribution >= 4 is 22.6 Å². The van der Waals surface area contributed by atoms with E-state index in [1.54, 1.807) is 37.7 Å². The Labute approximate surface area is 168 Å². The van der Waals surface area contributed by atoms with Gasteiger partial charge in [0, 0.05) is 29.8 Å². The zero-order chi connectivity index (χ0) is 20.1. The molecule has 29 heavy (non-hydrogen) atoms. The predicted molar refractivity (Wildman–Crippen MR) is 111 cm³/mol. The third-order valence-corrected chi connectivity index (χ3v) is 4.41. The van der Waals surface area contributed by atoms with E-state index >= 15 is 0 Å². The zero-order valence-electron chi connectivity index (χ0n) is 15.9. The number of aromatic nitrogens is 1. The molecule has 0 aliphatic carbocycles. The van der Waals surface area contributed by atoms with Crippen molar-refractivity contribution in [1.82, 2.24) is 4.98 Å². The van der Waals surface area contributed by atoms with Gasteiger partial charge in [0.2, 0.25) is 0 Å². The molecule has 1 N–H and O–H groups in total. The fraction of sp³-hybridized carbons (Fsp3) is 0.130. The average Bonchev–Trinajstić information content (AvgIpc) is 3.20. The number of benzene rings is 2. The van der Waals surface area contributed by atoms with Gasteiger partial charge < -0.3 is 19.2 Å². The summed E-state index contributed by atoms with van der Waals surface area (Å²) in [7, 11) is 1.64. The number of methoxy groups -OCH3 is 1. The molecule has 1 amide bonds. The minimum atomic E-state index is -0.329. The van der Waals surface area contributed by atoms with Gasteiger partial charge in [-0.05, 0) is 24.3 Å². The van der Waals surface area contributed by atoms with E-state index in [4.69, 9.17) is 13.9 Å². The van der Waals surface area contributed by atoms with E-state index in [-0.39, 0.29) is 11.7 Å². The van der Waals surface area contributed by atoms with Gasteiger partial charge in [-0.25, -0.2) is 0 Å². The molecule has 0 saturated heterocycles. The van der Waals surface area contributed by atoms with Gasteiger partial charge >= 0.3 is 0 Å². The van der Waals surface area contributed by atoms with E-state index < -0.39 is 0 Å². The Bertz CT molecular complexity index is 1120. The van der Waals surface area contributed by atoms with Crippen molar-refractivity contribution in [3.8, 4) is 16.9 Å². The van der Waals surface area contributed by atoms with Crippen LogP contribution < -0.4 is 10.1 Å². The molecule has 0 aliphatic heterocycles. The average molecular weight is 388 g/mol. The number of pyridine rings is 1. The number of nitrogens with zero attached hydrogens (tertiary/aromatic N) is 1. The Morgan fingerprint density at radius 3 is 2.72 bits per heavy atom. The van der Waals surface area contributed by atoms with Gasteiger partial charge in [0.15, 0.2) is 5.76 Å². The molecule has 2 heterocycles. The Balaban J connectivity index is 1.68. The summed E-state index contributed by atoms with van der Waals surface area (Å²) in [6.07, 6.45) is 3.23. The van der Waals surface area contributed by atoms with Crippen LogP contribution in [0.1, 0.15) is 10.6 Å². The second-order valence-corrected chi connectivity index (χ2v) is 6.37. The first-order chi connectivity index (χ1) is 14.3. The van der Waals surface area contributed by atoms with Crippen LogP contribution in [0.25, 0.3) is 22.1 Å². The van der Waals surface area contributed by atoms with Crippen LogP contribution in [0, 0.1) is 0 Å². The molecule has 0 radical (unpaired) electrons. The number of carbonyl (C=O) groups excluding carboxylic acids is 1. The molecule has 0 spiro atoms. The largest absolute Gasteiger partial charge is 0.491 e. The molecule has 0 saturated carbocycles. The topological polar surface area (TPSA) is 73.6 Å². The molecule has 0 bridgehead atoms. The molecule has 6 heteroatoms. The van der Waals surface area contributed by atoms with Crippen LogP contribution in [-0.4, -0.2) is 31.2 Å². The zero-order valence-corrected chi connectivity index (χ0v) is 15.9. The molecule has 0 atom stereocenters. The highest BCUT2D eigenvalue weighted by molar-refractivity contribution is 6.06. The quantitative estimate of drug-likeness (QED) is 0.462. The highest BCUT2D eigenvalue weighted by Crippen LogP contribution is 2.36. The summed E-state index contributed by atoms with van der Waals surface area (Å²) in [5, 5.41) is 3.63. The third kappa shape index (κ3) is 4.12. The van der Waals surface area contributed by atoms with Crippen molar-refractivity contribution in [2.24, 2.45) is 0 Å². The minimum absolute atomic E-state index is 0.231. The number of nitrogens with one attached hydrogen (secondary N) is 1. The van der Waals surface area contributed by atoms with Gasteiger partial charge in [0.1, 0.15) is 17.9 Å². The molecule has 2 aromatic heterocycles. The molecule has 4 rings (SSSR count). The predicted octanol–water partition coefficient (Wildman–Crippen LogP) is 4.77. The van der Waals surface area contributed by atoms with Gasteiger partial charge in [0.25, 0.3) is 5.91 Å². The summed E-state index contributed by atoms with van der Waals surface area (Å²) >= 11 is 0. The monoisotopic (exact) mass is 388 g/mol. The van der Waals surface area contributed by atoms with E-state index in [0.29, 0.717) is 24.5 Å². The van der Waals surface area contributed by atoms with Crippen LogP contribution in [0.4, 0.5) is 5.69 Å². The Morgan fingerprint density at radius 1 is 1.03 bits per heavy atom. The van der Waals surface area contributed by atoms with Crippen molar-refractivity contribution in [2.45, 2.75) is 0 Å². The summed E-state index contributed by atoms with van der Waals surface area (Å²) in [5.41, 5.74) is 2.99. The van der Waals surface area contributed by atoms with Crippen LogP contribution in [0.5, 0.6) is 5.75 Å². The summed E-state index contributed by atoms with van der Waals surface area (Å²) in [5.74, 6) is 0.633. The van der Waals surface area contributed by atoms with Gasteiger partial charge in [0.05, 0.1) is 18.5 Å². The molecule has 0 aliphatic rings. The van der Waals surface area contributed by atoms with Crippen LogP contribution in [0.15, 0.2) is 77.5 Å². The van der Waals surface area contributed by atoms with E-state index in [9.17, 15) is 4.79 Å². The number of carbonyl (C=O) groups is 1. The second kappa shape index (κ2) is 8.58. The smallest absolute Gasteiger partial charge is 0.291 e. The maximum atomic E-state index is 12.6. The number of hydrogen-bond donors (Lipinski definition) is 1. The first kappa shape index (κ1) is 18.7. The number of para-hydroxylation sites is 2. The number of fused-ring (bicyclic) bond motifs is 1. The second-order valence-electron chi connectivity index (χ2n) is 6.37. The van der Waals surface area contributed by atoms with Gasteiger partial charge in [-0.2, -0.15) is 0 Å². The Hall–Kier alpha value is -3.64. The number of ether oxygens (including phenoxy) is 2. The lowest BCUT2D eigenvalue weighted by Crippen LogP contribution is -2.10. The lowest BCUT2D eigenvalue weighted by atomic mass is 10.0. The number of hydrogen-bond acceptors (Lipinski definition) is 5. The number of amides is 1. The van der Waals surface area contributed by atoms with E-state index in [1.165, 1.54) is 0 Å². The molecule has 0 fully saturated rings. The number of furan rings is 1. The first-order valence-electron chi connectivity index (χ1n) is 9.21. The molecule has 6 nitrogen and oxygen atoms in total. The minimum Gasteiger partial charge on any atom is -0.491 e. The number of anilines is 1. The van der Waals surface area contributed by atoms with Crippen LogP contribution in [0.3, 0.4) is 0 Å². The van der Waals surface area contributed by atoms with Gasteiger partial charge in [-0.1, -0.05) is 36.4 Å². The molecule has 146 valence electrons. The highest BCUT2D eigenvalue weighted by Gasteiger charge is 2.17. The van der Waals surface area contributed by atoms with E-state index in [0.717, 1.165) is 22.3 Å². The standard InChI is InChI=1S/C23H20N2O4/c1-27-12-13-28-20-10-3-2-8-18(20)19-9-4-6-16-14-21(29-22(16)19)23(26)25-17-7-5-11-24-15-17/h2-11,14-15H,12-13H2,1H3,(H,25,26). The van der Waals surface area contributed by atoms with Crippen LogP contribution in [-0.2, 0) is 4.74 Å². The van der Waals surface area contributed by atoms with E-state index in [2.05, 4.69) is 10.3 Å². The fourth-order valence-electron chi connectivity index (χ4n) is 3.07. The molecular formula is C23H20N2O4. The normalized spacial score (nSPS) is 10.8.